The minimum atomic E-state index is -1.22. The topological polar surface area (TPSA) is 183 Å². The van der Waals surface area contributed by atoms with Crippen molar-refractivity contribution in [3.05, 3.63) is 35.9 Å². The fourth-order valence-corrected chi connectivity index (χ4v) is 9.36. The Hall–Kier alpha value is -3.79. The fourth-order valence-electron chi connectivity index (χ4n) is 6.01. The number of thioether (sulfide) groups is 2. The normalized spacial score (nSPS) is 18.6. The Morgan fingerprint density at radius 2 is 1.57 bits per heavy atom. The van der Waals surface area contributed by atoms with Crippen LogP contribution in [0.4, 0.5) is 4.79 Å². The van der Waals surface area contributed by atoms with E-state index in [1.54, 1.807) is 95.6 Å². The number of hydrogen-bond donors (Lipinski definition) is 4. The van der Waals surface area contributed by atoms with Gasteiger partial charge in [-0.1, -0.05) is 64.4 Å². The predicted molar refractivity (Wildman–Crippen MR) is 206 cm³/mol. The minimum absolute atomic E-state index is 0.137. The molecule has 1 spiro atoms. The number of carbonyl (C=O) groups excluding carboxylic acids is 7. The highest BCUT2D eigenvalue weighted by atomic mass is 32.2. The quantitative estimate of drug-likeness (QED) is 0.218. The van der Waals surface area contributed by atoms with Crippen LogP contribution in [0.2, 0.25) is 0 Å². The SMILES string of the molecule is CCC[C@@H](NC(=O)[C@@H]1CC2(CN1C(=O)[C@@H](NC(=O)OC(C)(C)C)C(C)(C)C)SCCCS2)C(=O)C(=O)NCC(=O)NC(C(=O)N(C)C)c1ccccc1. The van der Waals surface area contributed by atoms with Crippen LogP contribution in [0.1, 0.15) is 85.8 Å². The molecule has 53 heavy (non-hydrogen) atoms. The zero-order valence-electron chi connectivity index (χ0n) is 32.3. The Balaban J connectivity index is 1.77. The smallest absolute Gasteiger partial charge is 0.408 e. The first-order valence-corrected chi connectivity index (χ1v) is 19.9. The van der Waals surface area contributed by atoms with Gasteiger partial charge in [0.15, 0.2) is 0 Å². The number of carbonyl (C=O) groups is 7. The standard InChI is InChI=1S/C37H56N6O8S2/c1-10-15-24(28(45)31(47)38-21-26(44)40-27(32(48)42(8)9)23-16-12-11-13-17-23)39-30(46)25-20-37(52-18-14-19-53-37)22-43(25)33(49)29(35(2,3)4)41-34(50)51-36(5,6)7/h11-13,16-17,24-25,27,29H,10,14-15,18-22H2,1-9H3,(H,38,47)(H,39,46)(H,40,44)(H,41,50)/t24-,25+,27?,29-/m1/s1. The number of hydrogen-bond acceptors (Lipinski definition) is 10. The van der Waals surface area contributed by atoms with Gasteiger partial charge in [-0.3, -0.25) is 28.8 Å². The third-order valence-corrected chi connectivity index (χ3v) is 12.0. The van der Waals surface area contributed by atoms with E-state index in [1.165, 1.54) is 9.80 Å². The second-order valence-corrected chi connectivity index (χ2v) is 18.8. The molecule has 0 bridgehead atoms. The van der Waals surface area contributed by atoms with Crippen molar-refractivity contribution >= 4 is 64.9 Å². The summed E-state index contributed by atoms with van der Waals surface area (Å²) >= 11 is 3.39. The summed E-state index contributed by atoms with van der Waals surface area (Å²) in [4.78, 5) is 96.4. The van der Waals surface area contributed by atoms with E-state index < -0.39 is 81.3 Å². The lowest BCUT2D eigenvalue weighted by molar-refractivity contribution is -0.144. The van der Waals surface area contributed by atoms with Crippen molar-refractivity contribution in [2.45, 2.75) is 108 Å². The summed E-state index contributed by atoms with van der Waals surface area (Å²) in [7, 11) is 3.12. The lowest BCUT2D eigenvalue weighted by Crippen LogP contribution is -2.59. The molecule has 14 nitrogen and oxygen atoms in total. The summed E-state index contributed by atoms with van der Waals surface area (Å²) < 4.78 is 5.00. The molecule has 0 aliphatic carbocycles. The highest BCUT2D eigenvalue weighted by Gasteiger charge is 2.53. The van der Waals surface area contributed by atoms with Crippen molar-refractivity contribution in [3.63, 3.8) is 0 Å². The molecule has 1 aromatic rings. The van der Waals surface area contributed by atoms with Gasteiger partial charge in [0.25, 0.3) is 5.91 Å². The molecule has 4 atom stereocenters. The summed E-state index contributed by atoms with van der Waals surface area (Å²) in [5, 5.41) is 10.4. The number of ether oxygens (including phenoxy) is 1. The van der Waals surface area contributed by atoms with Gasteiger partial charge in [-0.05, 0) is 56.1 Å². The number of amides is 6. The minimum Gasteiger partial charge on any atom is -0.444 e. The molecule has 2 aliphatic rings. The number of Topliss-reactive ketones (excluding diaryl/α,β-unsaturated/α-hetero) is 1. The highest BCUT2D eigenvalue weighted by Crippen LogP contribution is 2.50. The van der Waals surface area contributed by atoms with Gasteiger partial charge in [0, 0.05) is 27.1 Å². The summed E-state index contributed by atoms with van der Waals surface area (Å²) in [6.07, 6.45) is 1.14. The molecular formula is C37H56N6O8S2. The molecule has 0 radical (unpaired) electrons. The monoisotopic (exact) mass is 776 g/mol. The summed E-state index contributed by atoms with van der Waals surface area (Å²) in [6, 6.07) is 4.41. The first-order valence-electron chi connectivity index (χ1n) is 17.9. The number of nitrogens with zero attached hydrogens (tertiary/aromatic N) is 2. The summed E-state index contributed by atoms with van der Waals surface area (Å²) in [5.74, 6) is -2.38. The lowest BCUT2D eigenvalue weighted by atomic mass is 9.85. The Bertz CT molecular complexity index is 1500. The number of alkyl carbamates (subject to hydrolysis) is 1. The lowest BCUT2D eigenvalue weighted by Gasteiger charge is -2.36. The first-order chi connectivity index (χ1) is 24.7. The van der Waals surface area contributed by atoms with Gasteiger partial charge in [0.05, 0.1) is 16.7 Å². The number of likely N-dealkylation sites (N-methyl/N-ethyl adjacent to an activating group) is 1. The average molecular weight is 777 g/mol. The van der Waals surface area contributed by atoms with E-state index >= 15 is 0 Å². The molecule has 16 heteroatoms. The molecule has 2 saturated heterocycles. The Morgan fingerprint density at radius 1 is 0.943 bits per heavy atom. The van der Waals surface area contributed by atoms with Crippen LogP contribution < -0.4 is 21.3 Å². The van der Waals surface area contributed by atoms with Crippen molar-refractivity contribution in [2.24, 2.45) is 5.41 Å². The molecule has 1 unspecified atom stereocenters. The van der Waals surface area contributed by atoms with Crippen molar-refractivity contribution in [2.75, 3.05) is 38.7 Å². The van der Waals surface area contributed by atoms with Gasteiger partial charge in [-0.2, -0.15) is 0 Å². The van der Waals surface area contributed by atoms with Crippen molar-refractivity contribution in [1.82, 2.24) is 31.1 Å². The van der Waals surface area contributed by atoms with E-state index in [4.69, 9.17) is 4.74 Å². The maximum atomic E-state index is 14.3. The molecule has 2 fully saturated rings. The molecule has 3 rings (SSSR count). The van der Waals surface area contributed by atoms with E-state index in [0.29, 0.717) is 18.4 Å². The third kappa shape index (κ3) is 12.4. The maximum Gasteiger partial charge on any atom is 0.408 e. The van der Waals surface area contributed by atoms with Crippen LogP contribution in [-0.2, 0) is 33.5 Å². The molecule has 294 valence electrons. The fraction of sp³-hybridized carbons (Fsp3) is 0.649. The van der Waals surface area contributed by atoms with Crippen LogP contribution in [0.5, 0.6) is 0 Å². The van der Waals surface area contributed by atoms with Crippen LogP contribution in [0.3, 0.4) is 0 Å². The molecular weight excluding hydrogens is 721 g/mol. The number of nitrogens with one attached hydrogen (secondary N) is 4. The van der Waals surface area contributed by atoms with Gasteiger partial charge < -0.3 is 35.8 Å². The Morgan fingerprint density at radius 3 is 2.11 bits per heavy atom. The van der Waals surface area contributed by atoms with E-state index in [1.807, 2.05) is 20.8 Å². The second-order valence-electron chi connectivity index (χ2n) is 15.6. The van der Waals surface area contributed by atoms with Crippen LogP contribution in [0.15, 0.2) is 30.3 Å². The molecule has 6 amide bonds. The van der Waals surface area contributed by atoms with Gasteiger partial charge in [0.1, 0.15) is 23.7 Å². The summed E-state index contributed by atoms with van der Waals surface area (Å²) in [5.41, 5.74) is -0.991. The molecule has 0 aromatic heterocycles. The van der Waals surface area contributed by atoms with Crippen molar-refractivity contribution < 1.29 is 38.3 Å². The van der Waals surface area contributed by atoms with Crippen LogP contribution in [-0.4, -0.2) is 118 Å². The molecule has 4 N–H and O–H groups in total. The number of rotatable bonds is 13. The van der Waals surface area contributed by atoms with E-state index in [2.05, 4.69) is 21.3 Å². The molecule has 2 heterocycles. The summed E-state index contributed by atoms with van der Waals surface area (Å²) in [6.45, 7) is 12.1. The third-order valence-electron chi connectivity index (χ3n) is 8.64. The van der Waals surface area contributed by atoms with Gasteiger partial charge in [-0.15, -0.1) is 23.5 Å². The van der Waals surface area contributed by atoms with Crippen molar-refractivity contribution in [1.29, 1.82) is 0 Å². The second kappa shape index (κ2) is 18.5. The maximum absolute atomic E-state index is 14.3. The Labute approximate surface area is 321 Å². The zero-order valence-corrected chi connectivity index (χ0v) is 34.0. The van der Waals surface area contributed by atoms with Crippen molar-refractivity contribution in [3.8, 4) is 0 Å². The number of ketones is 1. The molecule has 0 saturated carbocycles. The Kier molecular flexibility index (Phi) is 15.2. The number of benzene rings is 1. The molecule has 1 aromatic carbocycles. The van der Waals surface area contributed by atoms with Gasteiger partial charge in [0.2, 0.25) is 29.4 Å². The average Bonchev–Trinajstić information content (AvgIpc) is 3.45. The van der Waals surface area contributed by atoms with Crippen LogP contribution in [0, 0.1) is 5.41 Å². The highest BCUT2D eigenvalue weighted by molar-refractivity contribution is 8.18. The van der Waals surface area contributed by atoms with E-state index in [0.717, 1.165) is 17.9 Å². The van der Waals surface area contributed by atoms with Crippen LogP contribution in [0.25, 0.3) is 0 Å². The van der Waals surface area contributed by atoms with Gasteiger partial charge in [-0.25, -0.2) is 4.79 Å². The van der Waals surface area contributed by atoms with Gasteiger partial charge >= 0.3 is 6.09 Å². The van der Waals surface area contributed by atoms with E-state index in [9.17, 15) is 33.6 Å². The number of likely N-dealkylation sites (tertiary alicyclic amines) is 1. The first kappa shape index (κ1) is 43.6. The predicted octanol–water partition coefficient (Wildman–Crippen LogP) is 3.01. The molecule has 2 aliphatic heterocycles. The van der Waals surface area contributed by atoms with E-state index in [-0.39, 0.29) is 18.9 Å². The largest absolute Gasteiger partial charge is 0.444 e. The van der Waals surface area contributed by atoms with Crippen LogP contribution >= 0.6 is 23.5 Å². The zero-order chi connectivity index (χ0) is 39.7.